The van der Waals surface area contributed by atoms with Crippen molar-refractivity contribution >= 4 is 22.4 Å². The number of thiazole rings is 1. The average molecular weight is 412 g/mol. The molecule has 3 aromatic rings. The molecule has 1 aliphatic heterocycles. The lowest BCUT2D eigenvalue weighted by atomic mass is 10.1. The van der Waals surface area contributed by atoms with Crippen LogP contribution >= 0.6 is 11.3 Å². The van der Waals surface area contributed by atoms with Gasteiger partial charge < -0.3 is 9.47 Å². The number of halogens is 1. The zero-order valence-electron chi connectivity index (χ0n) is 16.0. The first-order valence-corrected chi connectivity index (χ1v) is 10.3. The quantitative estimate of drug-likeness (QED) is 0.585. The summed E-state index contributed by atoms with van der Waals surface area (Å²) in [5.74, 6) is 0.190. The van der Waals surface area contributed by atoms with Crippen LogP contribution in [0.2, 0.25) is 0 Å². The number of ether oxygens (including phenoxy) is 2. The van der Waals surface area contributed by atoms with Gasteiger partial charge in [0, 0.05) is 23.1 Å². The van der Waals surface area contributed by atoms with E-state index >= 15 is 0 Å². The molecule has 0 N–H and O–H groups in total. The number of carbonyl (C=O) groups excluding carboxylic acids is 1. The van der Waals surface area contributed by atoms with Crippen molar-refractivity contribution in [3.8, 4) is 17.0 Å². The summed E-state index contributed by atoms with van der Waals surface area (Å²) in [6, 6.07) is 13.2. The minimum atomic E-state index is -0.372. The lowest BCUT2D eigenvalue weighted by Crippen LogP contribution is -2.37. The van der Waals surface area contributed by atoms with Gasteiger partial charge in [-0.25, -0.2) is 9.37 Å². The molecule has 1 aromatic heterocycles. The van der Waals surface area contributed by atoms with Gasteiger partial charge in [-0.05, 0) is 61.4 Å². The van der Waals surface area contributed by atoms with E-state index in [1.54, 1.807) is 12.0 Å². The molecular formula is C22H21FN2O3S. The lowest BCUT2D eigenvalue weighted by molar-refractivity contribution is 0.0917. The summed E-state index contributed by atoms with van der Waals surface area (Å²) in [5.41, 5.74) is 2.15. The maximum absolute atomic E-state index is 13.3. The summed E-state index contributed by atoms with van der Waals surface area (Å²) in [4.78, 5) is 19.5. The Kier molecular flexibility index (Phi) is 5.87. The minimum Gasteiger partial charge on any atom is -0.497 e. The van der Waals surface area contributed by atoms with Crippen molar-refractivity contribution in [1.29, 1.82) is 0 Å². The highest BCUT2D eigenvalue weighted by Crippen LogP contribution is 2.30. The van der Waals surface area contributed by atoms with E-state index in [1.807, 2.05) is 29.6 Å². The van der Waals surface area contributed by atoms with E-state index < -0.39 is 0 Å². The van der Waals surface area contributed by atoms with Crippen LogP contribution in [0.25, 0.3) is 11.3 Å². The van der Waals surface area contributed by atoms with Crippen molar-refractivity contribution in [3.05, 3.63) is 65.3 Å². The van der Waals surface area contributed by atoms with Gasteiger partial charge in [0.2, 0.25) is 0 Å². The van der Waals surface area contributed by atoms with Crippen LogP contribution in [-0.4, -0.2) is 37.3 Å². The van der Waals surface area contributed by atoms with Gasteiger partial charge in [0.05, 0.1) is 25.5 Å². The van der Waals surface area contributed by atoms with E-state index in [0.29, 0.717) is 23.8 Å². The molecule has 1 saturated heterocycles. The van der Waals surface area contributed by atoms with E-state index in [4.69, 9.17) is 14.5 Å². The molecular weight excluding hydrogens is 391 g/mol. The van der Waals surface area contributed by atoms with Gasteiger partial charge in [0.25, 0.3) is 5.91 Å². The predicted octanol–water partition coefficient (Wildman–Crippen LogP) is 4.78. The zero-order valence-corrected chi connectivity index (χ0v) is 16.8. The highest BCUT2D eigenvalue weighted by molar-refractivity contribution is 7.14. The van der Waals surface area contributed by atoms with Crippen LogP contribution in [-0.2, 0) is 4.74 Å². The second-order valence-electron chi connectivity index (χ2n) is 6.80. The molecule has 1 aliphatic rings. The molecule has 1 atom stereocenters. The van der Waals surface area contributed by atoms with Crippen molar-refractivity contribution < 1.29 is 18.7 Å². The number of rotatable bonds is 6. The number of nitrogens with zero attached hydrogens (tertiary/aromatic N) is 2. The highest BCUT2D eigenvalue weighted by Gasteiger charge is 2.27. The zero-order chi connectivity index (χ0) is 20.2. The van der Waals surface area contributed by atoms with E-state index in [-0.39, 0.29) is 17.8 Å². The average Bonchev–Trinajstić information content (AvgIpc) is 3.44. The van der Waals surface area contributed by atoms with Crippen LogP contribution < -0.4 is 9.64 Å². The number of amides is 1. The van der Waals surface area contributed by atoms with Gasteiger partial charge in [-0.2, -0.15) is 0 Å². The Morgan fingerprint density at radius 2 is 2.00 bits per heavy atom. The molecule has 4 rings (SSSR count). The molecule has 1 unspecified atom stereocenters. The fraction of sp³-hybridized carbons (Fsp3) is 0.273. The normalized spacial score (nSPS) is 16.0. The third-order valence-electron chi connectivity index (χ3n) is 4.86. The molecule has 0 saturated carbocycles. The molecule has 1 amide bonds. The number of aromatic nitrogens is 1. The summed E-state index contributed by atoms with van der Waals surface area (Å²) < 4.78 is 24.2. The molecule has 0 spiro atoms. The van der Waals surface area contributed by atoms with Crippen LogP contribution in [0.3, 0.4) is 0 Å². The summed E-state index contributed by atoms with van der Waals surface area (Å²) >= 11 is 1.41. The summed E-state index contributed by atoms with van der Waals surface area (Å²) in [6.07, 6.45) is 1.87. The van der Waals surface area contributed by atoms with Gasteiger partial charge in [0.15, 0.2) is 5.13 Å². The smallest absolute Gasteiger partial charge is 0.260 e. The lowest BCUT2D eigenvalue weighted by Gasteiger charge is -2.23. The Balaban J connectivity index is 1.62. The molecule has 1 fully saturated rings. The fourth-order valence-electron chi connectivity index (χ4n) is 3.27. The maximum Gasteiger partial charge on any atom is 0.260 e. The maximum atomic E-state index is 13.3. The third kappa shape index (κ3) is 4.46. The number of benzene rings is 2. The summed E-state index contributed by atoms with van der Waals surface area (Å²) in [6.45, 7) is 1.13. The van der Waals surface area contributed by atoms with Crippen LogP contribution in [0.5, 0.6) is 5.75 Å². The number of carbonyl (C=O) groups is 1. The Hall–Kier alpha value is -2.77. The molecule has 150 valence electrons. The summed E-state index contributed by atoms with van der Waals surface area (Å²) in [7, 11) is 1.62. The molecule has 0 bridgehead atoms. The van der Waals surface area contributed by atoms with Gasteiger partial charge >= 0.3 is 0 Å². The van der Waals surface area contributed by atoms with Crippen molar-refractivity contribution in [2.75, 3.05) is 25.2 Å². The molecule has 0 aliphatic carbocycles. The highest BCUT2D eigenvalue weighted by atomic mass is 32.1. The van der Waals surface area contributed by atoms with E-state index in [9.17, 15) is 9.18 Å². The van der Waals surface area contributed by atoms with Crippen LogP contribution in [0, 0.1) is 5.82 Å². The fourth-order valence-corrected chi connectivity index (χ4v) is 4.11. The van der Waals surface area contributed by atoms with Gasteiger partial charge in [0.1, 0.15) is 11.6 Å². The van der Waals surface area contributed by atoms with Crippen LogP contribution in [0.1, 0.15) is 23.2 Å². The predicted molar refractivity (Wildman–Crippen MR) is 111 cm³/mol. The second-order valence-corrected chi connectivity index (χ2v) is 7.64. The standard InChI is InChI=1S/C22H21FN2O3S/c1-27-18-10-6-15(7-11-18)20-14-29-22(24-20)25(13-19-3-2-12-28-19)21(26)16-4-8-17(23)9-5-16/h4-11,14,19H,2-3,12-13H2,1H3. The Morgan fingerprint density at radius 1 is 1.24 bits per heavy atom. The number of methoxy groups -OCH3 is 1. The van der Waals surface area contributed by atoms with Crippen LogP contribution in [0.4, 0.5) is 9.52 Å². The van der Waals surface area contributed by atoms with Crippen molar-refractivity contribution in [2.24, 2.45) is 0 Å². The first kappa shape index (κ1) is 19.5. The summed E-state index contributed by atoms with van der Waals surface area (Å²) in [5, 5.41) is 2.53. The Labute approximate surface area is 172 Å². The van der Waals surface area contributed by atoms with Crippen molar-refractivity contribution in [1.82, 2.24) is 4.98 Å². The van der Waals surface area contributed by atoms with E-state index in [1.165, 1.54) is 35.6 Å². The topological polar surface area (TPSA) is 51.7 Å². The van der Waals surface area contributed by atoms with Crippen LogP contribution in [0.15, 0.2) is 53.9 Å². The molecule has 2 heterocycles. The Bertz CT molecular complexity index is 966. The van der Waals surface area contributed by atoms with Gasteiger partial charge in [-0.1, -0.05) is 0 Å². The molecule has 5 nitrogen and oxygen atoms in total. The first-order chi connectivity index (χ1) is 14.1. The molecule has 0 radical (unpaired) electrons. The molecule has 29 heavy (non-hydrogen) atoms. The first-order valence-electron chi connectivity index (χ1n) is 9.43. The van der Waals surface area contributed by atoms with Gasteiger partial charge in [-0.15, -0.1) is 11.3 Å². The monoisotopic (exact) mass is 412 g/mol. The number of hydrogen-bond acceptors (Lipinski definition) is 5. The van der Waals surface area contributed by atoms with E-state index in [2.05, 4.69) is 0 Å². The molecule has 7 heteroatoms. The number of anilines is 1. The SMILES string of the molecule is COc1ccc(-c2csc(N(CC3CCCO3)C(=O)c3ccc(F)cc3)n2)cc1. The van der Waals surface area contributed by atoms with E-state index in [0.717, 1.165) is 29.8 Å². The number of hydrogen-bond donors (Lipinski definition) is 0. The minimum absolute atomic E-state index is 0.0206. The van der Waals surface area contributed by atoms with Crippen molar-refractivity contribution in [3.63, 3.8) is 0 Å². The largest absolute Gasteiger partial charge is 0.497 e. The second kappa shape index (κ2) is 8.71. The molecule has 2 aromatic carbocycles. The van der Waals surface area contributed by atoms with Gasteiger partial charge in [-0.3, -0.25) is 9.69 Å². The van der Waals surface area contributed by atoms with Crippen molar-refractivity contribution in [2.45, 2.75) is 18.9 Å². The third-order valence-corrected chi connectivity index (χ3v) is 5.72. The Morgan fingerprint density at radius 3 is 2.66 bits per heavy atom.